The Morgan fingerprint density at radius 1 is 0.309 bits per heavy atom. The molecule has 0 amide bonds. The number of thiophene rings is 1. The van der Waals surface area contributed by atoms with Gasteiger partial charge in [0, 0.05) is 70.6 Å². The second-order valence-electron chi connectivity index (χ2n) is 17.0. The van der Waals surface area contributed by atoms with Crippen molar-refractivity contribution in [3.63, 3.8) is 0 Å². The van der Waals surface area contributed by atoms with E-state index in [2.05, 4.69) is 199 Å². The predicted octanol–water partition coefficient (Wildman–Crippen LogP) is 16.4. The molecule has 0 fully saturated rings. The lowest BCUT2D eigenvalue weighted by Crippen LogP contribution is -2.02. The molecule has 13 aromatic rings. The molecular formula is C62H39N5S. The maximum absolute atomic E-state index is 5.45. The number of hydrogen-bond acceptors (Lipinski definition) is 5. The topological polar surface area (TPSA) is 56.5 Å². The highest BCUT2D eigenvalue weighted by molar-refractivity contribution is 7.25. The molecule has 0 unspecified atom stereocenters. The van der Waals surface area contributed by atoms with Crippen LogP contribution in [0, 0.1) is 0 Å². The van der Waals surface area contributed by atoms with Crippen LogP contribution in [0.15, 0.2) is 237 Å². The van der Waals surface area contributed by atoms with E-state index in [4.69, 9.17) is 19.9 Å². The molecule has 13 rings (SSSR count). The van der Waals surface area contributed by atoms with E-state index in [1.807, 2.05) is 53.9 Å². The van der Waals surface area contributed by atoms with E-state index in [-0.39, 0.29) is 0 Å². The summed E-state index contributed by atoms with van der Waals surface area (Å²) in [5.41, 5.74) is 14.4. The van der Waals surface area contributed by atoms with Gasteiger partial charge in [0.15, 0.2) is 17.5 Å². The van der Waals surface area contributed by atoms with Crippen molar-refractivity contribution in [3.8, 4) is 84.5 Å². The molecule has 0 N–H and O–H groups in total. The number of hydrogen-bond donors (Lipinski definition) is 0. The second kappa shape index (κ2) is 16.5. The van der Waals surface area contributed by atoms with Crippen LogP contribution in [0.5, 0.6) is 0 Å². The number of nitrogens with zero attached hydrogens (tertiary/aromatic N) is 5. The summed E-state index contributed by atoms with van der Waals surface area (Å²) in [4.78, 5) is 21.1. The Morgan fingerprint density at radius 2 is 0.868 bits per heavy atom. The van der Waals surface area contributed by atoms with Crippen molar-refractivity contribution >= 4 is 53.3 Å². The first kappa shape index (κ1) is 39.5. The second-order valence-corrected chi connectivity index (χ2v) is 18.1. The smallest absolute Gasteiger partial charge is 0.166 e. The van der Waals surface area contributed by atoms with Crippen LogP contribution in [0.2, 0.25) is 0 Å². The SMILES string of the molecule is c1ccc(-c2ccc(-c3ccccc3)c(-c3cnc(-c4ccc5sc6cc7c8ccccc8n(-c8ccccc8)c7cc6c5c4)c(-c4nc(-c5ccccc5)nc(-c5ccccc5)n4)c3)c2)cc1. The summed E-state index contributed by atoms with van der Waals surface area (Å²) in [7, 11) is 0. The zero-order chi connectivity index (χ0) is 45.0. The first-order valence-corrected chi connectivity index (χ1v) is 23.6. The van der Waals surface area contributed by atoms with Crippen LogP contribution in [0.25, 0.3) is 126 Å². The van der Waals surface area contributed by atoms with E-state index in [0.717, 1.165) is 67.0 Å². The molecule has 0 saturated heterocycles. The molecule has 318 valence electrons. The Morgan fingerprint density at radius 3 is 1.56 bits per heavy atom. The zero-order valence-electron chi connectivity index (χ0n) is 36.7. The minimum Gasteiger partial charge on any atom is -0.309 e. The molecule has 5 nitrogen and oxygen atoms in total. The van der Waals surface area contributed by atoms with Gasteiger partial charge in [0.1, 0.15) is 0 Å². The van der Waals surface area contributed by atoms with Crippen LogP contribution in [-0.2, 0) is 0 Å². The maximum atomic E-state index is 5.45. The normalized spacial score (nSPS) is 11.5. The molecule has 0 aliphatic carbocycles. The van der Waals surface area contributed by atoms with Gasteiger partial charge < -0.3 is 4.57 Å². The highest BCUT2D eigenvalue weighted by Crippen LogP contribution is 2.44. The van der Waals surface area contributed by atoms with Crippen LogP contribution in [0.4, 0.5) is 0 Å². The number of aromatic nitrogens is 5. The molecular weight excluding hydrogens is 847 g/mol. The fourth-order valence-electron chi connectivity index (χ4n) is 9.64. The molecule has 0 spiro atoms. The monoisotopic (exact) mass is 885 g/mol. The van der Waals surface area contributed by atoms with Crippen LogP contribution >= 0.6 is 11.3 Å². The van der Waals surface area contributed by atoms with Gasteiger partial charge in [-0.25, -0.2) is 15.0 Å². The summed E-state index contributed by atoms with van der Waals surface area (Å²) in [5.74, 6) is 1.74. The minimum atomic E-state index is 0.548. The third-order valence-corrected chi connectivity index (χ3v) is 14.0. The molecule has 4 aromatic heterocycles. The van der Waals surface area contributed by atoms with Crippen molar-refractivity contribution < 1.29 is 0 Å². The zero-order valence-corrected chi connectivity index (χ0v) is 37.5. The van der Waals surface area contributed by atoms with E-state index >= 15 is 0 Å². The molecule has 4 heterocycles. The quantitative estimate of drug-likeness (QED) is 0.153. The number of para-hydroxylation sites is 2. The molecule has 68 heavy (non-hydrogen) atoms. The van der Waals surface area contributed by atoms with Gasteiger partial charge in [-0.3, -0.25) is 4.98 Å². The standard InChI is InChI=1S/C62H39N5S/c1-6-18-40(19-7-1)44-30-32-48(41-20-8-2-9-21-41)50(34-44)46-36-54(62-65-60(42-22-10-3-11-23-42)64-61(66-62)43-24-12-4-13-25-43)59(63-39-46)45-31-33-57-52(35-45)53-37-56-51(38-58(53)68-57)49-28-16-17-29-55(49)67(56)47-26-14-5-15-27-47/h1-39H. The average molecular weight is 886 g/mol. The molecule has 0 saturated carbocycles. The van der Waals surface area contributed by atoms with Crippen LogP contribution < -0.4 is 0 Å². The Kier molecular flexibility index (Phi) is 9.62. The Bertz CT molecular complexity index is 3940. The van der Waals surface area contributed by atoms with Crippen LogP contribution in [0.3, 0.4) is 0 Å². The molecule has 0 atom stereocenters. The van der Waals surface area contributed by atoms with Gasteiger partial charge in [0.25, 0.3) is 0 Å². The highest BCUT2D eigenvalue weighted by Gasteiger charge is 2.22. The van der Waals surface area contributed by atoms with Gasteiger partial charge >= 0.3 is 0 Å². The van der Waals surface area contributed by atoms with Crippen LogP contribution in [0.1, 0.15) is 0 Å². The van der Waals surface area contributed by atoms with E-state index in [1.165, 1.54) is 42.0 Å². The Hall–Kier alpha value is -8.84. The number of pyridine rings is 1. The third-order valence-electron chi connectivity index (χ3n) is 12.9. The van der Waals surface area contributed by atoms with E-state index in [1.54, 1.807) is 0 Å². The molecule has 0 aliphatic rings. The molecule has 0 radical (unpaired) electrons. The van der Waals surface area contributed by atoms with Crippen molar-refractivity contribution in [1.82, 2.24) is 24.5 Å². The number of rotatable bonds is 8. The highest BCUT2D eigenvalue weighted by atomic mass is 32.1. The van der Waals surface area contributed by atoms with Crippen molar-refractivity contribution in [2.45, 2.75) is 0 Å². The number of benzene rings is 9. The van der Waals surface area contributed by atoms with Crippen molar-refractivity contribution in [1.29, 1.82) is 0 Å². The minimum absolute atomic E-state index is 0.548. The van der Waals surface area contributed by atoms with Gasteiger partial charge in [-0.2, -0.15) is 0 Å². The van der Waals surface area contributed by atoms with Gasteiger partial charge in [-0.15, -0.1) is 11.3 Å². The molecule has 0 aliphatic heterocycles. The summed E-state index contributed by atoms with van der Waals surface area (Å²) >= 11 is 1.83. The summed E-state index contributed by atoms with van der Waals surface area (Å²) in [6.45, 7) is 0. The van der Waals surface area contributed by atoms with E-state index in [9.17, 15) is 0 Å². The summed E-state index contributed by atoms with van der Waals surface area (Å²) in [6, 6.07) is 81.3. The predicted molar refractivity (Wildman–Crippen MR) is 283 cm³/mol. The molecule has 9 aromatic carbocycles. The summed E-state index contributed by atoms with van der Waals surface area (Å²) in [6.07, 6.45) is 2.02. The van der Waals surface area contributed by atoms with Gasteiger partial charge in [-0.05, 0) is 82.4 Å². The van der Waals surface area contributed by atoms with Crippen LogP contribution in [-0.4, -0.2) is 24.5 Å². The maximum Gasteiger partial charge on any atom is 0.166 e. The van der Waals surface area contributed by atoms with E-state index < -0.39 is 0 Å². The lowest BCUT2D eigenvalue weighted by Gasteiger charge is -2.16. The first-order valence-electron chi connectivity index (χ1n) is 22.8. The number of fused-ring (bicyclic) bond motifs is 6. The van der Waals surface area contributed by atoms with Gasteiger partial charge in [0.2, 0.25) is 0 Å². The van der Waals surface area contributed by atoms with Crippen molar-refractivity contribution in [2.75, 3.05) is 0 Å². The fourth-order valence-corrected chi connectivity index (χ4v) is 10.8. The summed E-state index contributed by atoms with van der Waals surface area (Å²) < 4.78 is 4.85. The lowest BCUT2D eigenvalue weighted by atomic mass is 9.90. The van der Waals surface area contributed by atoms with Crippen molar-refractivity contribution in [3.05, 3.63) is 237 Å². The van der Waals surface area contributed by atoms with Gasteiger partial charge in [-0.1, -0.05) is 176 Å². The first-order chi connectivity index (χ1) is 33.7. The van der Waals surface area contributed by atoms with Crippen molar-refractivity contribution in [2.24, 2.45) is 0 Å². The Labute approximate surface area is 397 Å². The average Bonchev–Trinajstić information content (AvgIpc) is 3.95. The largest absolute Gasteiger partial charge is 0.309 e. The summed E-state index contributed by atoms with van der Waals surface area (Å²) in [5, 5.41) is 4.87. The van der Waals surface area contributed by atoms with E-state index in [0.29, 0.717) is 17.5 Å². The van der Waals surface area contributed by atoms with Gasteiger partial charge in [0.05, 0.1) is 16.7 Å². The fraction of sp³-hybridized carbons (Fsp3) is 0. The third kappa shape index (κ3) is 6.94. The Balaban J connectivity index is 1.06. The lowest BCUT2D eigenvalue weighted by molar-refractivity contribution is 1.07. The molecule has 0 bridgehead atoms. The molecule has 6 heteroatoms.